The predicted octanol–water partition coefficient (Wildman–Crippen LogP) is 2.43. The maximum absolute atomic E-state index is 8.14. The highest BCUT2D eigenvalue weighted by Crippen LogP contribution is 2.21. The summed E-state index contributed by atoms with van der Waals surface area (Å²) in [6.07, 6.45) is 2.60. The van der Waals surface area contributed by atoms with Crippen molar-refractivity contribution in [3.8, 4) is 0 Å². The minimum atomic E-state index is -0.0373. The number of hydrogen-bond donors (Lipinski definition) is 1. The van der Waals surface area contributed by atoms with Crippen LogP contribution in [0.5, 0.6) is 0 Å². The Hall–Kier alpha value is -0.570. The highest BCUT2D eigenvalue weighted by molar-refractivity contribution is 5.84. The van der Waals surface area contributed by atoms with E-state index in [4.69, 9.17) is 5.41 Å². The van der Waals surface area contributed by atoms with E-state index < -0.39 is 0 Å². The Balaban J connectivity index is 2.51. The van der Waals surface area contributed by atoms with Crippen LogP contribution in [-0.2, 0) is 0 Å². The predicted molar refractivity (Wildman–Crippen MR) is 70.1 cm³/mol. The van der Waals surface area contributed by atoms with Crippen LogP contribution in [0, 0.1) is 10.8 Å². The first kappa shape index (κ1) is 13.5. The van der Waals surface area contributed by atoms with Gasteiger partial charge in [0.05, 0.1) is 0 Å². The van der Waals surface area contributed by atoms with E-state index >= 15 is 0 Å². The van der Waals surface area contributed by atoms with Gasteiger partial charge in [-0.1, -0.05) is 27.7 Å². The normalized spacial score (nSPS) is 22.4. The molecule has 1 fully saturated rings. The number of nitrogens with one attached hydrogen (secondary N) is 1. The van der Waals surface area contributed by atoms with Crippen LogP contribution in [0.15, 0.2) is 0 Å². The Morgan fingerprint density at radius 2 is 2.06 bits per heavy atom. The van der Waals surface area contributed by atoms with Crippen LogP contribution < -0.4 is 0 Å². The van der Waals surface area contributed by atoms with E-state index in [0.29, 0.717) is 6.04 Å². The van der Waals surface area contributed by atoms with Gasteiger partial charge in [0.15, 0.2) is 0 Å². The number of rotatable bonds is 3. The van der Waals surface area contributed by atoms with Gasteiger partial charge in [0.2, 0.25) is 0 Å². The SMILES string of the molecule is CCN1CCCC1CN(C)C(=N)C(C)(C)C. The Kier molecular flexibility index (Phi) is 4.36. The van der Waals surface area contributed by atoms with Gasteiger partial charge in [-0.05, 0) is 25.9 Å². The number of amidine groups is 1. The number of hydrogen-bond acceptors (Lipinski definition) is 2. The number of likely N-dealkylation sites (tertiary alicyclic amines) is 1. The molecule has 16 heavy (non-hydrogen) atoms. The minimum Gasteiger partial charge on any atom is -0.362 e. The molecule has 0 bridgehead atoms. The molecule has 3 nitrogen and oxygen atoms in total. The Labute approximate surface area is 100 Å². The summed E-state index contributed by atoms with van der Waals surface area (Å²) in [5.41, 5.74) is -0.0373. The quantitative estimate of drug-likeness (QED) is 0.590. The largest absolute Gasteiger partial charge is 0.362 e. The van der Waals surface area contributed by atoms with Gasteiger partial charge < -0.3 is 4.90 Å². The van der Waals surface area contributed by atoms with Crippen molar-refractivity contribution in [2.24, 2.45) is 5.41 Å². The lowest BCUT2D eigenvalue weighted by Crippen LogP contribution is -2.44. The van der Waals surface area contributed by atoms with Gasteiger partial charge in [0.25, 0.3) is 0 Å². The van der Waals surface area contributed by atoms with Gasteiger partial charge in [-0.2, -0.15) is 0 Å². The van der Waals surface area contributed by atoms with E-state index in [9.17, 15) is 0 Å². The fraction of sp³-hybridized carbons (Fsp3) is 0.923. The van der Waals surface area contributed by atoms with Crippen molar-refractivity contribution >= 4 is 5.84 Å². The van der Waals surface area contributed by atoms with Gasteiger partial charge in [0, 0.05) is 25.0 Å². The van der Waals surface area contributed by atoms with Gasteiger partial charge in [0.1, 0.15) is 5.84 Å². The van der Waals surface area contributed by atoms with Gasteiger partial charge in [-0.3, -0.25) is 10.3 Å². The lowest BCUT2D eigenvalue weighted by Gasteiger charge is -2.33. The minimum absolute atomic E-state index is 0.0373. The van der Waals surface area contributed by atoms with Crippen LogP contribution in [0.3, 0.4) is 0 Å². The molecule has 0 aromatic rings. The highest BCUT2D eigenvalue weighted by atomic mass is 15.2. The van der Waals surface area contributed by atoms with E-state index in [2.05, 4.69) is 44.5 Å². The lowest BCUT2D eigenvalue weighted by molar-refractivity contribution is 0.229. The fourth-order valence-electron chi connectivity index (χ4n) is 2.50. The fourth-order valence-corrected chi connectivity index (χ4v) is 2.50. The molecule has 0 aromatic heterocycles. The molecule has 1 aliphatic heterocycles. The molecule has 0 aliphatic carbocycles. The summed E-state index contributed by atoms with van der Waals surface area (Å²) in [4.78, 5) is 4.66. The van der Waals surface area contributed by atoms with E-state index in [0.717, 1.165) is 18.9 Å². The van der Waals surface area contributed by atoms with Crippen molar-refractivity contribution in [3.63, 3.8) is 0 Å². The first-order chi connectivity index (χ1) is 7.36. The zero-order chi connectivity index (χ0) is 12.3. The molecule has 1 atom stereocenters. The Bertz CT molecular complexity index is 242. The van der Waals surface area contributed by atoms with E-state index in [1.807, 2.05) is 0 Å². The highest BCUT2D eigenvalue weighted by Gasteiger charge is 2.27. The van der Waals surface area contributed by atoms with Crippen LogP contribution in [0.1, 0.15) is 40.5 Å². The van der Waals surface area contributed by atoms with Crippen molar-refractivity contribution in [1.82, 2.24) is 9.80 Å². The van der Waals surface area contributed by atoms with Crippen LogP contribution in [0.25, 0.3) is 0 Å². The third-order valence-corrected chi connectivity index (χ3v) is 3.48. The van der Waals surface area contributed by atoms with Crippen molar-refractivity contribution in [2.75, 3.05) is 26.7 Å². The standard InChI is InChI=1S/C13H27N3/c1-6-16-9-7-8-11(16)10-15(5)12(14)13(2,3)4/h11,14H,6-10H2,1-5H3. The summed E-state index contributed by atoms with van der Waals surface area (Å²) >= 11 is 0. The summed E-state index contributed by atoms with van der Waals surface area (Å²) in [5, 5.41) is 8.14. The van der Waals surface area contributed by atoms with Crippen LogP contribution >= 0.6 is 0 Å². The molecule has 0 spiro atoms. The molecule has 0 saturated carbocycles. The summed E-state index contributed by atoms with van der Waals surface area (Å²) in [6.45, 7) is 11.9. The summed E-state index contributed by atoms with van der Waals surface area (Å²) in [6, 6.07) is 0.651. The molecule has 94 valence electrons. The monoisotopic (exact) mass is 225 g/mol. The average Bonchev–Trinajstić information content (AvgIpc) is 2.62. The molecule has 0 radical (unpaired) electrons. The first-order valence-electron chi connectivity index (χ1n) is 6.40. The number of likely N-dealkylation sites (N-methyl/N-ethyl adjacent to an activating group) is 2. The maximum Gasteiger partial charge on any atom is 0.101 e. The second kappa shape index (κ2) is 5.17. The van der Waals surface area contributed by atoms with E-state index in [1.165, 1.54) is 19.4 Å². The Morgan fingerprint density at radius 1 is 1.44 bits per heavy atom. The van der Waals surface area contributed by atoms with Gasteiger partial charge >= 0.3 is 0 Å². The second-order valence-corrected chi connectivity index (χ2v) is 5.90. The van der Waals surface area contributed by atoms with Crippen molar-refractivity contribution in [2.45, 2.75) is 46.6 Å². The Morgan fingerprint density at radius 3 is 2.56 bits per heavy atom. The smallest absolute Gasteiger partial charge is 0.101 e. The van der Waals surface area contributed by atoms with Crippen LogP contribution in [0.4, 0.5) is 0 Å². The third-order valence-electron chi connectivity index (χ3n) is 3.48. The molecule has 0 aromatic carbocycles. The lowest BCUT2D eigenvalue weighted by atomic mass is 9.94. The topological polar surface area (TPSA) is 30.3 Å². The third kappa shape index (κ3) is 3.21. The van der Waals surface area contributed by atoms with Crippen molar-refractivity contribution in [3.05, 3.63) is 0 Å². The molecule has 1 aliphatic rings. The first-order valence-corrected chi connectivity index (χ1v) is 6.40. The van der Waals surface area contributed by atoms with Crippen molar-refractivity contribution < 1.29 is 0 Å². The molecule has 1 rings (SSSR count). The zero-order valence-electron chi connectivity index (χ0n) is 11.5. The molecular weight excluding hydrogens is 198 g/mol. The zero-order valence-corrected chi connectivity index (χ0v) is 11.5. The van der Waals surface area contributed by atoms with Crippen molar-refractivity contribution in [1.29, 1.82) is 5.41 Å². The van der Waals surface area contributed by atoms with E-state index in [1.54, 1.807) is 0 Å². The molecule has 1 unspecified atom stereocenters. The molecule has 3 heteroatoms. The van der Waals surface area contributed by atoms with E-state index in [-0.39, 0.29) is 5.41 Å². The summed E-state index contributed by atoms with van der Waals surface area (Å²) in [5.74, 6) is 0.746. The van der Waals surface area contributed by atoms with Crippen LogP contribution in [-0.4, -0.2) is 48.4 Å². The second-order valence-electron chi connectivity index (χ2n) is 5.90. The molecular formula is C13H27N3. The molecule has 1 saturated heterocycles. The van der Waals surface area contributed by atoms with Gasteiger partial charge in [-0.15, -0.1) is 0 Å². The number of nitrogens with zero attached hydrogens (tertiary/aromatic N) is 2. The van der Waals surface area contributed by atoms with Crippen LogP contribution in [0.2, 0.25) is 0 Å². The summed E-state index contributed by atoms with van der Waals surface area (Å²) in [7, 11) is 2.06. The average molecular weight is 225 g/mol. The van der Waals surface area contributed by atoms with Gasteiger partial charge in [-0.25, -0.2) is 0 Å². The molecule has 0 amide bonds. The maximum atomic E-state index is 8.14. The molecule has 1 heterocycles. The summed E-state index contributed by atoms with van der Waals surface area (Å²) < 4.78 is 0. The molecule has 1 N–H and O–H groups in total.